The second-order valence-corrected chi connectivity index (χ2v) is 6.82. The van der Waals surface area contributed by atoms with Crippen LogP contribution >= 0.6 is 12.2 Å². The summed E-state index contributed by atoms with van der Waals surface area (Å²) in [6.45, 7) is 0. The Labute approximate surface area is 185 Å². The van der Waals surface area contributed by atoms with E-state index in [9.17, 15) is 9.59 Å². The molecule has 31 heavy (non-hydrogen) atoms. The van der Waals surface area contributed by atoms with Crippen LogP contribution in [0.4, 0.5) is 11.4 Å². The molecular formula is C24H21N3O3S. The number of carbonyl (C=O) groups is 2. The normalized spacial score (nSPS) is 10.4. The Bertz CT molecular complexity index is 1100. The van der Waals surface area contributed by atoms with Crippen molar-refractivity contribution in [2.75, 3.05) is 17.7 Å². The smallest absolute Gasteiger partial charge is 0.255 e. The lowest BCUT2D eigenvalue weighted by atomic mass is 10.2. The highest BCUT2D eigenvalue weighted by atomic mass is 32.1. The first kappa shape index (κ1) is 21.7. The number of amides is 2. The zero-order chi connectivity index (χ0) is 22.1. The van der Waals surface area contributed by atoms with E-state index < -0.39 is 0 Å². The monoisotopic (exact) mass is 431 g/mol. The maximum Gasteiger partial charge on any atom is 0.255 e. The molecule has 156 valence electrons. The summed E-state index contributed by atoms with van der Waals surface area (Å²) in [5, 5.41) is 8.51. The highest BCUT2D eigenvalue weighted by Crippen LogP contribution is 2.18. The van der Waals surface area contributed by atoms with Gasteiger partial charge in [0.05, 0.1) is 7.11 Å². The van der Waals surface area contributed by atoms with E-state index in [0.717, 1.165) is 5.56 Å². The van der Waals surface area contributed by atoms with Gasteiger partial charge in [-0.05, 0) is 60.8 Å². The minimum atomic E-state index is -0.366. The average Bonchev–Trinajstić information content (AvgIpc) is 2.79. The van der Waals surface area contributed by atoms with Gasteiger partial charge >= 0.3 is 0 Å². The van der Waals surface area contributed by atoms with E-state index in [4.69, 9.17) is 17.0 Å². The van der Waals surface area contributed by atoms with Crippen LogP contribution in [0.25, 0.3) is 6.08 Å². The van der Waals surface area contributed by atoms with Crippen molar-refractivity contribution in [2.24, 2.45) is 0 Å². The third kappa shape index (κ3) is 6.52. The van der Waals surface area contributed by atoms with Crippen molar-refractivity contribution in [3.8, 4) is 5.75 Å². The first-order chi connectivity index (χ1) is 15.0. The van der Waals surface area contributed by atoms with Crippen molar-refractivity contribution in [2.45, 2.75) is 0 Å². The van der Waals surface area contributed by atoms with Crippen molar-refractivity contribution in [1.29, 1.82) is 0 Å². The van der Waals surface area contributed by atoms with Crippen LogP contribution in [0.3, 0.4) is 0 Å². The summed E-state index contributed by atoms with van der Waals surface area (Å²) in [6, 6.07) is 23.3. The molecule has 0 aliphatic carbocycles. The molecule has 7 heteroatoms. The highest BCUT2D eigenvalue weighted by Gasteiger charge is 2.06. The van der Waals surface area contributed by atoms with Crippen LogP contribution in [0.2, 0.25) is 0 Å². The molecule has 0 unspecified atom stereocenters. The van der Waals surface area contributed by atoms with Crippen molar-refractivity contribution < 1.29 is 14.3 Å². The molecule has 0 aliphatic heterocycles. The second kappa shape index (κ2) is 10.7. The Kier molecular flexibility index (Phi) is 7.50. The third-order valence-electron chi connectivity index (χ3n) is 4.23. The summed E-state index contributed by atoms with van der Waals surface area (Å²) < 4.78 is 5.25. The quantitative estimate of drug-likeness (QED) is 0.396. The number of anilines is 2. The molecule has 0 aromatic heterocycles. The van der Waals surface area contributed by atoms with Crippen molar-refractivity contribution >= 4 is 46.6 Å². The number of ether oxygens (including phenoxy) is 1. The number of para-hydroxylation sites is 1. The predicted molar refractivity (Wildman–Crippen MR) is 127 cm³/mol. The molecule has 0 radical (unpaired) electrons. The lowest BCUT2D eigenvalue weighted by molar-refractivity contribution is -0.115. The van der Waals surface area contributed by atoms with Gasteiger partial charge in [-0.15, -0.1) is 0 Å². The molecule has 0 bridgehead atoms. The van der Waals surface area contributed by atoms with Gasteiger partial charge in [0, 0.05) is 28.6 Å². The zero-order valence-electron chi connectivity index (χ0n) is 16.8. The number of benzene rings is 3. The molecule has 3 rings (SSSR count). The molecule has 3 aromatic carbocycles. The summed E-state index contributed by atoms with van der Waals surface area (Å²) in [7, 11) is 1.57. The van der Waals surface area contributed by atoms with Crippen LogP contribution in [0.15, 0.2) is 84.9 Å². The molecule has 0 saturated carbocycles. The van der Waals surface area contributed by atoms with Gasteiger partial charge < -0.3 is 15.4 Å². The average molecular weight is 432 g/mol. The zero-order valence-corrected chi connectivity index (χ0v) is 17.6. The standard InChI is InChI=1S/C24H21N3O3S/c1-30-21-10-6-5-7-17(21)11-16-22(28)27-24(31)26-20-14-12-19(13-15-20)25-23(29)18-8-3-2-4-9-18/h2-16H,1H3,(H,25,29)(H2,26,27,28,31)/b16-11+. The molecule has 0 heterocycles. The minimum Gasteiger partial charge on any atom is -0.496 e. The molecule has 0 spiro atoms. The lowest BCUT2D eigenvalue weighted by Gasteiger charge is -2.10. The van der Waals surface area contributed by atoms with Crippen molar-refractivity contribution in [3.05, 3.63) is 96.1 Å². The maximum absolute atomic E-state index is 12.2. The molecule has 3 N–H and O–H groups in total. The summed E-state index contributed by atoms with van der Waals surface area (Å²) in [5.74, 6) is 0.118. The minimum absolute atomic E-state index is 0.163. The highest BCUT2D eigenvalue weighted by molar-refractivity contribution is 7.80. The molecule has 2 amide bonds. The first-order valence-electron chi connectivity index (χ1n) is 9.44. The fourth-order valence-corrected chi connectivity index (χ4v) is 2.93. The number of hydrogen-bond acceptors (Lipinski definition) is 4. The van der Waals surface area contributed by atoms with Gasteiger partial charge in [0.2, 0.25) is 5.91 Å². The van der Waals surface area contributed by atoms with Gasteiger partial charge in [0.15, 0.2) is 5.11 Å². The van der Waals surface area contributed by atoms with E-state index in [2.05, 4.69) is 16.0 Å². The number of hydrogen-bond donors (Lipinski definition) is 3. The van der Waals surface area contributed by atoms with E-state index in [0.29, 0.717) is 22.7 Å². The molecular weight excluding hydrogens is 410 g/mol. The predicted octanol–water partition coefficient (Wildman–Crippen LogP) is 4.47. The van der Waals surface area contributed by atoms with Gasteiger partial charge in [-0.3, -0.25) is 14.9 Å². The van der Waals surface area contributed by atoms with E-state index in [-0.39, 0.29) is 16.9 Å². The Morgan fingerprint density at radius 2 is 1.45 bits per heavy atom. The number of thiocarbonyl (C=S) groups is 1. The Morgan fingerprint density at radius 3 is 2.13 bits per heavy atom. The maximum atomic E-state index is 12.2. The van der Waals surface area contributed by atoms with Crippen LogP contribution in [-0.4, -0.2) is 24.0 Å². The molecule has 6 nitrogen and oxygen atoms in total. The molecule has 0 aliphatic rings. The van der Waals surface area contributed by atoms with Crippen LogP contribution in [0.5, 0.6) is 5.75 Å². The molecule has 0 fully saturated rings. The summed E-state index contributed by atoms with van der Waals surface area (Å²) >= 11 is 5.19. The molecule has 0 saturated heterocycles. The first-order valence-corrected chi connectivity index (χ1v) is 9.85. The largest absolute Gasteiger partial charge is 0.496 e. The van der Waals surface area contributed by atoms with Gasteiger partial charge in [-0.2, -0.15) is 0 Å². The Morgan fingerprint density at radius 1 is 0.839 bits per heavy atom. The summed E-state index contributed by atoms with van der Waals surface area (Å²) in [4.78, 5) is 24.3. The van der Waals surface area contributed by atoms with Gasteiger partial charge in [-0.1, -0.05) is 36.4 Å². The number of rotatable bonds is 6. The van der Waals surface area contributed by atoms with Crippen LogP contribution in [0, 0.1) is 0 Å². The van der Waals surface area contributed by atoms with Crippen LogP contribution in [-0.2, 0) is 4.79 Å². The fraction of sp³-hybridized carbons (Fsp3) is 0.0417. The number of carbonyl (C=O) groups excluding carboxylic acids is 2. The Hall–Kier alpha value is -3.97. The summed E-state index contributed by atoms with van der Waals surface area (Å²) in [5.41, 5.74) is 2.69. The Balaban J connectivity index is 1.51. The van der Waals surface area contributed by atoms with Gasteiger partial charge in [-0.25, -0.2) is 0 Å². The van der Waals surface area contributed by atoms with Crippen molar-refractivity contribution in [1.82, 2.24) is 5.32 Å². The van der Waals surface area contributed by atoms with Gasteiger partial charge in [0.1, 0.15) is 5.75 Å². The SMILES string of the molecule is COc1ccccc1/C=C/C(=O)NC(=S)Nc1ccc(NC(=O)c2ccccc2)cc1. The molecule has 0 atom stereocenters. The lowest BCUT2D eigenvalue weighted by Crippen LogP contribution is -2.32. The number of nitrogens with one attached hydrogen (secondary N) is 3. The molecule has 3 aromatic rings. The van der Waals surface area contributed by atoms with Gasteiger partial charge in [0.25, 0.3) is 5.91 Å². The fourth-order valence-electron chi connectivity index (χ4n) is 2.72. The van der Waals surface area contributed by atoms with E-state index in [1.165, 1.54) is 6.08 Å². The topological polar surface area (TPSA) is 79.5 Å². The van der Waals surface area contributed by atoms with E-state index in [1.54, 1.807) is 49.6 Å². The third-order valence-corrected chi connectivity index (χ3v) is 4.43. The van der Waals surface area contributed by atoms with E-state index in [1.807, 2.05) is 42.5 Å². The van der Waals surface area contributed by atoms with Crippen LogP contribution in [0.1, 0.15) is 15.9 Å². The van der Waals surface area contributed by atoms with Crippen LogP contribution < -0.4 is 20.7 Å². The number of methoxy groups -OCH3 is 1. The summed E-state index contributed by atoms with van der Waals surface area (Å²) in [6.07, 6.45) is 3.04. The van der Waals surface area contributed by atoms with E-state index >= 15 is 0 Å². The second-order valence-electron chi connectivity index (χ2n) is 6.42. The van der Waals surface area contributed by atoms with Crippen molar-refractivity contribution in [3.63, 3.8) is 0 Å².